The normalized spacial score (nSPS) is 15.3. The van der Waals surface area contributed by atoms with Crippen molar-refractivity contribution < 1.29 is 18.8 Å². The van der Waals surface area contributed by atoms with E-state index in [1.165, 1.54) is 30.4 Å². The van der Waals surface area contributed by atoms with Gasteiger partial charge in [-0.1, -0.05) is 12.1 Å². The highest BCUT2D eigenvalue weighted by Crippen LogP contribution is 2.29. The summed E-state index contributed by atoms with van der Waals surface area (Å²) < 4.78 is 13.4. The molecule has 1 aliphatic heterocycles. The van der Waals surface area contributed by atoms with Gasteiger partial charge in [0.25, 0.3) is 5.91 Å². The van der Waals surface area contributed by atoms with Gasteiger partial charge in [-0.3, -0.25) is 14.4 Å². The monoisotopic (exact) mass is 490 g/mol. The number of thioether (sulfide) groups is 1. The number of nitrogens with zero attached hydrogens (tertiary/aromatic N) is 2. The molecule has 33 heavy (non-hydrogen) atoms. The quantitative estimate of drug-likeness (QED) is 0.476. The molecular formula is C25H31FN2O3S2. The maximum absolute atomic E-state index is 13.4. The average molecular weight is 491 g/mol. The zero-order valence-electron chi connectivity index (χ0n) is 19.4. The number of hydrogen-bond donors (Lipinski definition) is 0. The van der Waals surface area contributed by atoms with Gasteiger partial charge in [-0.25, -0.2) is 4.39 Å². The Balaban J connectivity index is 1.69. The fraction of sp³-hybridized carbons (Fsp3) is 0.480. The number of rotatable bonds is 9. The van der Waals surface area contributed by atoms with Crippen molar-refractivity contribution in [2.75, 3.05) is 32.1 Å². The van der Waals surface area contributed by atoms with Crippen LogP contribution in [0.2, 0.25) is 0 Å². The second kappa shape index (κ2) is 11.8. The van der Waals surface area contributed by atoms with Crippen LogP contribution in [0.1, 0.15) is 51.1 Å². The number of likely N-dealkylation sites (N-methyl/N-ethyl adjacent to an activating group) is 1. The van der Waals surface area contributed by atoms with E-state index in [1.807, 2.05) is 23.1 Å². The minimum absolute atomic E-state index is 0.00637. The summed E-state index contributed by atoms with van der Waals surface area (Å²) in [6, 6.07) is 9.91. The molecule has 1 aromatic carbocycles. The third-order valence-corrected chi connectivity index (χ3v) is 8.09. The Morgan fingerprint density at radius 1 is 1.12 bits per heavy atom. The van der Waals surface area contributed by atoms with E-state index in [9.17, 15) is 18.8 Å². The lowest BCUT2D eigenvalue weighted by atomic mass is 9.84. The van der Waals surface area contributed by atoms with E-state index in [0.29, 0.717) is 35.7 Å². The van der Waals surface area contributed by atoms with Crippen LogP contribution in [0, 0.1) is 11.7 Å². The third kappa shape index (κ3) is 6.67. The Kier molecular flexibility index (Phi) is 9.09. The first-order chi connectivity index (χ1) is 15.8. The second-order valence-electron chi connectivity index (χ2n) is 8.50. The molecule has 2 aromatic rings. The van der Waals surface area contributed by atoms with Crippen molar-refractivity contribution in [3.05, 3.63) is 57.5 Å². The molecule has 1 atom stereocenters. The van der Waals surface area contributed by atoms with Crippen LogP contribution >= 0.6 is 23.1 Å². The largest absolute Gasteiger partial charge is 0.342 e. The van der Waals surface area contributed by atoms with Crippen molar-refractivity contribution in [3.63, 3.8) is 0 Å². The number of Topliss-reactive ketones (excluding diaryl/α,β-unsaturated/α-hetero) is 1. The molecule has 0 spiro atoms. The van der Waals surface area contributed by atoms with Gasteiger partial charge in [0.2, 0.25) is 5.91 Å². The number of hydrogen-bond acceptors (Lipinski definition) is 5. The van der Waals surface area contributed by atoms with E-state index in [4.69, 9.17) is 0 Å². The van der Waals surface area contributed by atoms with Crippen molar-refractivity contribution in [1.82, 2.24) is 9.80 Å². The van der Waals surface area contributed by atoms with Crippen LogP contribution in [0.25, 0.3) is 0 Å². The maximum Gasteiger partial charge on any atom is 0.263 e. The molecule has 0 bridgehead atoms. The van der Waals surface area contributed by atoms with Gasteiger partial charge in [-0.05, 0) is 68.2 Å². The Morgan fingerprint density at radius 2 is 1.76 bits per heavy atom. The molecule has 0 saturated carbocycles. The van der Waals surface area contributed by atoms with Crippen LogP contribution in [0.15, 0.2) is 36.4 Å². The molecule has 5 nitrogen and oxygen atoms in total. The summed E-state index contributed by atoms with van der Waals surface area (Å²) in [6.07, 6.45) is 4.73. The fourth-order valence-corrected chi connectivity index (χ4v) is 5.57. The van der Waals surface area contributed by atoms with Gasteiger partial charge in [-0.15, -0.1) is 11.3 Å². The predicted octanol–water partition coefficient (Wildman–Crippen LogP) is 4.76. The van der Waals surface area contributed by atoms with Gasteiger partial charge in [0.1, 0.15) is 5.82 Å². The van der Waals surface area contributed by atoms with Crippen LogP contribution in [0.3, 0.4) is 0 Å². The molecule has 0 aliphatic carbocycles. The number of carbonyl (C=O) groups excluding carboxylic acids is 3. The summed E-state index contributed by atoms with van der Waals surface area (Å²) in [5, 5.41) is 0. The van der Waals surface area contributed by atoms with Crippen molar-refractivity contribution in [3.8, 4) is 0 Å². The molecule has 0 radical (unpaired) electrons. The third-order valence-electron chi connectivity index (χ3n) is 6.30. The van der Waals surface area contributed by atoms with Crippen molar-refractivity contribution >= 4 is 40.7 Å². The summed E-state index contributed by atoms with van der Waals surface area (Å²) >= 11 is 2.89. The minimum atomic E-state index is -0.270. The van der Waals surface area contributed by atoms with Gasteiger partial charge in [0.05, 0.1) is 9.75 Å². The highest BCUT2D eigenvalue weighted by molar-refractivity contribution is 7.98. The van der Waals surface area contributed by atoms with E-state index < -0.39 is 0 Å². The fourth-order valence-electron chi connectivity index (χ4n) is 4.32. The topological polar surface area (TPSA) is 57.7 Å². The number of piperidine rings is 1. The van der Waals surface area contributed by atoms with E-state index in [-0.39, 0.29) is 35.4 Å². The zero-order chi connectivity index (χ0) is 24.0. The Labute approximate surface area is 203 Å². The van der Waals surface area contributed by atoms with E-state index in [2.05, 4.69) is 0 Å². The molecule has 1 saturated heterocycles. The Bertz CT molecular complexity index is 968. The maximum atomic E-state index is 13.4. The lowest BCUT2D eigenvalue weighted by molar-refractivity contribution is -0.133. The summed E-state index contributed by atoms with van der Waals surface area (Å²) in [6.45, 7) is 2.73. The Morgan fingerprint density at radius 3 is 2.33 bits per heavy atom. The number of likely N-dealkylation sites (tertiary alicyclic amines) is 1. The van der Waals surface area contributed by atoms with Gasteiger partial charge in [-0.2, -0.15) is 11.8 Å². The molecular weight excluding hydrogens is 459 g/mol. The molecule has 1 aliphatic rings. The molecule has 0 N–H and O–H groups in total. The predicted molar refractivity (Wildman–Crippen MR) is 133 cm³/mol. The SMILES string of the molecule is CSCCC(=O)N(C)[C@@H](Cc1ccc(F)cc1)C1CCN(C(=O)c2ccc(C(C)=O)s2)CC1. The molecule has 3 rings (SSSR count). The summed E-state index contributed by atoms with van der Waals surface area (Å²) in [5.41, 5.74) is 1.000. The standard InChI is InChI=1S/C25H31FN2O3S2/c1-17(29)22-8-9-23(33-22)25(31)28-13-10-19(11-14-28)21(27(2)24(30)12-15-32-3)16-18-4-6-20(26)7-5-18/h4-9,19,21H,10-16H2,1-3H3/t21-/m0/s1. The number of benzene rings is 1. The molecule has 2 amide bonds. The number of ketones is 1. The van der Waals surface area contributed by atoms with Gasteiger partial charge >= 0.3 is 0 Å². The summed E-state index contributed by atoms with van der Waals surface area (Å²) in [7, 11) is 1.86. The molecule has 1 aromatic heterocycles. The van der Waals surface area contributed by atoms with Gasteiger partial charge < -0.3 is 9.80 Å². The van der Waals surface area contributed by atoms with Crippen molar-refractivity contribution in [1.29, 1.82) is 0 Å². The van der Waals surface area contributed by atoms with Crippen LogP contribution in [0.5, 0.6) is 0 Å². The van der Waals surface area contributed by atoms with Gasteiger partial charge in [0, 0.05) is 38.4 Å². The molecule has 178 valence electrons. The van der Waals surface area contributed by atoms with E-state index >= 15 is 0 Å². The van der Waals surface area contributed by atoms with Crippen molar-refractivity contribution in [2.45, 2.75) is 38.6 Å². The summed E-state index contributed by atoms with van der Waals surface area (Å²) in [5.74, 6) is 0.806. The highest BCUT2D eigenvalue weighted by Gasteiger charge is 2.33. The van der Waals surface area contributed by atoms with Crippen LogP contribution in [0.4, 0.5) is 4.39 Å². The smallest absolute Gasteiger partial charge is 0.263 e. The lowest BCUT2D eigenvalue weighted by Crippen LogP contribution is -2.48. The van der Waals surface area contributed by atoms with Crippen molar-refractivity contribution in [2.24, 2.45) is 5.92 Å². The first-order valence-electron chi connectivity index (χ1n) is 11.2. The molecule has 1 fully saturated rings. The van der Waals surface area contributed by atoms with E-state index in [0.717, 1.165) is 24.2 Å². The number of carbonyl (C=O) groups is 3. The highest BCUT2D eigenvalue weighted by atomic mass is 32.2. The molecule has 8 heteroatoms. The summed E-state index contributed by atoms with van der Waals surface area (Å²) in [4.78, 5) is 42.2. The molecule has 2 heterocycles. The minimum Gasteiger partial charge on any atom is -0.342 e. The van der Waals surface area contributed by atoms with Crippen LogP contribution in [-0.4, -0.2) is 65.6 Å². The number of amides is 2. The number of thiophene rings is 1. The zero-order valence-corrected chi connectivity index (χ0v) is 21.0. The first kappa shape index (κ1) is 25.4. The Hall–Kier alpha value is -2.19. The van der Waals surface area contributed by atoms with Crippen LogP contribution < -0.4 is 0 Å². The number of halogens is 1. The second-order valence-corrected chi connectivity index (χ2v) is 10.6. The average Bonchev–Trinajstić information content (AvgIpc) is 3.32. The van der Waals surface area contributed by atoms with E-state index in [1.54, 1.807) is 36.0 Å². The van der Waals surface area contributed by atoms with Gasteiger partial charge in [0.15, 0.2) is 5.78 Å². The first-order valence-corrected chi connectivity index (χ1v) is 13.4. The lowest BCUT2D eigenvalue weighted by Gasteiger charge is -2.40. The van der Waals surface area contributed by atoms with Crippen LogP contribution in [-0.2, 0) is 11.2 Å². The molecule has 0 unspecified atom stereocenters.